The van der Waals surface area contributed by atoms with Gasteiger partial charge in [-0.15, -0.1) is 37.6 Å². The minimum Gasteiger partial charge on any atom is -1.00 e. The molecule has 2 aliphatic carbocycles. The maximum atomic E-state index is 13.4. The monoisotopic (exact) mass is 787 g/mol. The Bertz CT molecular complexity index is 1460. The van der Waals surface area contributed by atoms with Gasteiger partial charge < -0.3 is 24.8 Å². The van der Waals surface area contributed by atoms with Crippen molar-refractivity contribution in [3.8, 4) is 0 Å². The Morgan fingerprint density at radius 2 is 1.11 bits per heavy atom. The molecule has 0 saturated carbocycles. The summed E-state index contributed by atoms with van der Waals surface area (Å²) in [6.07, 6.45) is 16.2. The van der Waals surface area contributed by atoms with Crippen molar-refractivity contribution in [2.75, 3.05) is 12.3 Å². The fourth-order valence-corrected chi connectivity index (χ4v) is 6.81. The van der Waals surface area contributed by atoms with E-state index in [2.05, 4.69) is 63.3 Å². The van der Waals surface area contributed by atoms with Gasteiger partial charge in [0.15, 0.2) is 58.2 Å². The van der Waals surface area contributed by atoms with Gasteiger partial charge in [0, 0.05) is 0 Å². The van der Waals surface area contributed by atoms with Crippen molar-refractivity contribution in [2.24, 2.45) is 0 Å². The van der Waals surface area contributed by atoms with E-state index in [1.165, 1.54) is 29.0 Å². The Labute approximate surface area is 294 Å². The smallest absolute Gasteiger partial charge is 1.00 e. The molecule has 0 fully saturated rings. The minimum atomic E-state index is -2.55. The molecule has 1 unspecified atom stereocenters. The van der Waals surface area contributed by atoms with E-state index in [1.807, 2.05) is 12.2 Å². The predicted molar refractivity (Wildman–Crippen MR) is 148 cm³/mol. The van der Waals surface area contributed by atoms with Gasteiger partial charge in [0.25, 0.3) is 0 Å². The van der Waals surface area contributed by atoms with Crippen molar-refractivity contribution >= 4 is 26.1 Å². The number of halogens is 12. The number of benzene rings is 3. The van der Waals surface area contributed by atoms with E-state index in [9.17, 15) is 43.9 Å². The molecular weight excluding hydrogens is 766 g/mol. The fourth-order valence-electron chi connectivity index (χ4n) is 4.40. The third kappa shape index (κ3) is 9.61. The van der Waals surface area contributed by atoms with Crippen LogP contribution in [0.15, 0.2) is 48.1 Å². The first-order valence-corrected chi connectivity index (χ1v) is 14.7. The summed E-state index contributed by atoms with van der Waals surface area (Å²) in [6, 6.07) is 8.74. The Morgan fingerprint density at radius 3 is 1.46 bits per heavy atom. The van der Waals surface area contributed by atoms with Gasteiger partial charge in [-0.25, -0.2) is 56.1 Å². The summed E-state index contributed by atoms with van der Waals surface area (Å²) in [6.45, 7) is 6.89. The molecule has 3 aromatic rings. The van der Waals surface area contributed by atoms with Gasteiger partial charge in [-0.05, 0) is 28.9 Å². The Morgan fingerprint density at radius 1 is 0.696 bits per heavy atom. The molecule has 0 aliphatic heterocycles. The van der Waals surface area contributed by atoms with Crippen LogP contribution in [0, 0.1) is 70.3 Å². The largest absolute Gasteiger partial charge is 4.00 e. The second-order valence-electron chi connectivity index (χ2n) is 9.13. The van der Waals surface area contributed by atoms with Gasteiger partial charge in [-0.2, -0.15) is 23.8 Å². The van der Waals surface area contributed by atoms with Crippen LogP contribution >= 0.6 is 7.92 Å². The Hall–Kier alpha value is -1.86. The Balaban J connectivity index is 0.000000757. The molecule has 3 aromatic carbocycles. The van der Waals surface area contributed by atoms with Gasteiger partial charge >= 0.3 is 26.2 Å². The summed E-state index contributed by atoms with van der Waals surface area (Å²) < 4.78 is 131. The summed E-state index contributed by atoms with van der Waals surface area (Å²) in [5, 5.41) is 0. The summed E-state index contributed by atoms with van der Waals surface area (Å²) in [5.41, 5.74) is 1.27. The minimum absolute atomic E-state index is 0. The van der Waals surface area contributed by atoms with Crippen LogP contribution in [-0.2, 0) is 26.2 Å². The van der Waals surface area contributed by atoms with Crippen molar-refractivity contribution in [2.45, 2.75) is 32.9 Å². The average molecular weight is 789 g/mol. The summed E-state index contributed by atoms with van der Waals surface area (Å²) in [7, 11) is -0.251. The van der Waals surface area contributed by atoms with E-state index in [-0.39, 0.29) is 66.2 Å². The maximum absolute atomic E-state index is 13.4. The number of hydrogen-bond donors (Lipinski definition) is 0. The molecule has 15 heteroatoms. The van der Waals surface area contributed by atoms with Crippen molar-refractivity contribution < 1.29 is 94.9 Å². The maximum Gasteiger partial charge on any atom is 4.00 e. The van der Waals surface area contributed by atoms with Gasteiger partial charge in [-0.3, -0.25) is 6.08 Å². The third-order valence-corrected chi connectivity index (χ3v) is 9.56. The van der Waals surface area contributed by atoms with Gasteiger partial charge in [0.05, 0.1) is 0 Å². The molecule has 2 aliphatic rings. The van der Waals surface area contributed by atoms with Crippen LogP contribution in [0.25, 0.3) is 0 Å². The quantitative estimate of drug-likeness (QED) is 0.0932. The van der Waals surface area contributed by atoms with E-state index in [0.717, 1.165) is 6.42 Å². The molecule has 0 N–H and O–H groups in total. The van der Waals surface area contributed by atoms with Crippen LogP contribution in [0.5, 0.6) is 0 Å². The standard InChI is InChI=1S/C14H18P.C12BF10.C5H5.2ClH.Zr/c1-4-15(5-2)14-11(3)10-12-8-6-7-9-13(12)14;14-3-1(4(15)8(19)11(22)7(3)18)13-2-5(16)9(20)12(23)10(21)6(2)17;1-2-4-5-3-1;;;/h6-9,14H,4-5H2,1-3H3;;1-3H,4H2;2*1H;/q-1;;-1;;;+4/p-2. The molecule has 0 bridgehead atoms. The SMILES string of the molecule is CCP(CC)C1C(C)=[C-]c2ccccc21.Fc1c(F)c(F)c([B]c2c(F)c(F)c(F)c(F)c2F)c(F)c1F.[C-]1=CC=CC1.[Cl-].[Cl-].[Zr+4]. The first-order valence-electron chi connectivity index (χ1n) is 12.9. The summed E-state index contributed by atoms with van der Waals surface area (Å²) in [4.78, 5) is 0. The van der Waals surface area contributed by atoms with Crippen molar-refractivity contribution in [3.63, 3.8) is 0 Å². The van der Waals surface area contributed by atoms with Gasteiger partial charge in [-0.1, -0.05) is 26.8 Å². The zero-order valence-corrected chi connectivity index (χ0v) is 29.2. The molecule has 243 valence electrons. The molecule has 0 aromatic heterocycles. The van der Waals surface area contributed by atoms with E-state index in [4.69, 9.17) is 0 Å². The molecule has 0 heterocycles. The van der Waals surface area contributed by atoms with E-state index in [0.29, 0.717) is 5.66 Å². The third-order valence-electron chi connectivity index (χ3n) is 6.54. The second kappa shape index (κ2) is 19.8. The van der Waals surface area contributed by atoms with Gasteiger partial charge in [0.2, 0.25) is 7.28 Å². The first kappa shape index (κ1) is 44.1. The zero-order valence-electron chi connectivity index (χ0n) is 24.3. The topological polar surface area (TPSA) is 0 Å². The molecule has 0 saturated heterocycles. The van der Waals surface area contributed by atoms with Crippen LogP contribution in [0.2, 0.25) is 0 Å². The van der Waals surface area contributed by atoms with Crippen LogP contribution in [-0.4, -0.2) is 19.6 Å². The molecule has 46 heavy (non-hydrogen) atoms. The molecule has 5 rings (SSSR count). The second-order valence-corrected chi connectivity index (χ2v) is 12.1. The van der Waals surface area contributed by atoms with Crippen LogP contribution in [0.3, 0.4) is 0 Å². The molecule has 1 atom stereocenters. The number of rotatable bonds is 5. The molecule has 0 amide bonds. The van der Waals surface area contributed by atoms with Crippen molar-refractivity contribution in [1.82, 2.24) is 0 Å². The summed E-state index contributed by atoms with van der Waals surface area (Å²) >= 11 is 0. The van der Waals surface area contributed by atoms with E-state index in [1.54, 1.807) is 0 Å². The molecular formula is C31H23BCl2F10PZr. The zero-order chi connectivity index (χ0) is 32.0. The first-order chi connectivity index (χ1) is 20.4. The number of allylic oxidation sites excluding steroid dienone is 5. The van der Waals surface area contributed by atoms with Gasteiger partial charge in [0.1, 0.15) is 0 Å². The van der Waals surface area contributed by atoms with Crippen LogP contribution < -0.4 is 35.7 Å². The van der Waals surface area contributed by atoms with E-state index >= 15 is 0 Å². The normalized spacial score (nSPS) is 13.7. The molecule has 0 spiro atoms. The predicted octanol–water partition coefficient (Wildman–Crippen LogP) is 2.40. The molecule has 1 radical (unpaired) electrons. The average Bonchev–Trinajstić information content (AvgIpc) is 3.70. The van der Waals surface area contributed by atoms with Crippen molar-refractivity contribution in [3.05, 3.63) is 130 Å². The molecule has 0 nitrogen and oxygen atoms in total. The summed E-state index contributed by atoms with van der Waals surface area (Å²) in [5.74, 6) is -24.9. The van der Waals surface area contributed by atoms with Crippen LogP contribution in [0.4, 0.5) is 43.9 Å². The fraction of sp³-hybridized carbons (Fsp3) is 0.226. The van der Waals surface area contributed by atoms with E-state index < -0.39 is 69.1 Å². The number of fused-ring (bicyclic) bond motifs is 1. The van der Waals surface area contributed by atoms with Crippen molar-refractivity contribution in [1.29, 1.82) is 0 Å². The number of hydrogen-bond acceptors (Lipinski definition) is 0. The van der Waals surface area contributed by atoms with Crippen LogP contribution in [0.1, 0.15) is 44.0 Å². The Kier molecular flexibility index (Phi) is 19.0.